The molecule has 0 radical (unpaired) electrons. The summed E-state index contributed by atoms with van der Waals surface area (Å²) in [6.07, 6.45) is 3.02. The fourth-order valence-electron chi connectivity index (χ4n) is 2.21. The Morgan fingerprint density at radius 1 is 1.33 bits per heavy atom. The average molecular weight is 250 g/mol. The molecule has 1 saturated carbocycles. The molecule has 1 aromatic rings. The molecule has 0 amide bonds. The predicted octanol–water partition coefficient (Wildman–Crippen LogP) is 1.59. The number of hydrogen-bond donors (Lipinski definition) is 1. The molecule has 1 aliphatic carbocycles. The zero-order valence-electron chi connectivity index (χ0n) is 10.3. The number of aliphatic hydroxyl groups is 1. The maximum atomic E-state index is 10.9. The lowest BCUT2D eigenvalue weighted by Crippen LogP contribution is -2.31. The molecule has 5 heteroatoms. The molecule has 0 saturated heterocycles. The molecule has 0 heterocycles. The normalized spacial score (nSPS) is 15.0. The average Bonchev–Trinajstić information content (AvgIpc) is 3.19. The van der Waals surface area contributed by atoms with Gasteiger partial charge in [0.05, 0.1) is 11.5 Å². The Balaban J connectivity index is 1.98. The van der Waals surface area contributed by atoms with E-state index in [9.17, 15) is 10.1 Å². The number of nitro benzene ring substituents is 1. The molecule has 0 bridgehead atoms. The number of para-hydroxylation sites is 1. The third kappa shape index (κ3) is 3.27. The first-order valence-corrected chi connectivity index (χ1v) is 6.29. The van der Waals surface area contributed by atoms with Crippen molar-refractivity contribution in [2.75, 3.05) is 19.7 Å². The zero-order valence-corrected chi connectivity index (χ0v) is 10.3. The van der Waals surface area contributed by atoms with Gasteiger partial charge in [0, 0.05) is 30.8 Å². The second-order valence-electron chi connectivity index (χ2n) is 4.63. The molecule has 0 aliphatic heterocycles. The van der Waals surface area contributed by atoms with E-state index < -0.39 is 0 Å². The number of hydrogen-bond acceptors (Lipinski definition) is 4. The number of benzene rings is 1. The van der Waals surface area contributed by atoms with Crippen LogP contribution in [0.25, 0.3) is 0 Å². The molecule has 0 spiro atoms. The predicted molar refractivity (Wildman–Crippen MR) is 68.5 cm³/mol. The number of rotatable bonds is 7. The van der Waals surface area contributed by atoms with E-state index in [1.807, 2.05) is 12.1 Å². The summed E-state index contributed by atoms with van der Waals surface area (Å²) in [4.78, 5) is 12.8. The smallest absolute Gasteiger partial charge is 0.272 e. The minimum absolute atomic E-state index is 0.146. The molecule has 0 aromatic heterocycles. The van der Waals surface area contributed by atoms with Crippen molar-refractivity contribution in [1.29, 1.82) is 0 Å². The van der Waals surface area contributed by atoms with Gasteiger partial charge in [0.15, 0.2) is 0 Å². The zero-order chi connectivity index (χ0) is 13.0. The first kappa shape index (κ1) is 13.0. The molecule has 1 N–H and O–H groups in total. The Hall–Kier alpha value is -1.46. The van der Waals surface area contributed by atoms with Crippen LogP contribution in [0.2, 0.25) is 0 Å². The van der Waals surface area contributed by atoms with Crippen molar-refractivity contribution in [3.8, 4) is 0 Å². The van der Waals surface area contributed by atoms with Gasteiger partial charge in [-0.3, -0.25) is 15.0 Å². The molecule has 98 valence electrons. The molecule has 2 rings (SSSR count). The summed E-state index contributed by atoms with van der Waals surface area (Å²) in [6, 6.07) is 7.44. The second-order valence-corrected chi connectivity index (χ2v) is 4.63. The van der Waals surface area contributed by atoms with Gasteiger partial charge < -0.3 is 5.11 Å². The van der Waals surface area contributed by atoms with Crippen molar-refractivity contribution in [1.82, 2.24) is 4.90 Å². The minimum atomic E-state index is -0.331. The Labute approximate surface area is 106 Å². The first-order valence-electron chi connectivity index (χ1n) is 6.29. The van der Waals surface area contributed by atoms with Crippen LogP contribution in [0.4, 0.5) is 5.69 Å². The Kier molecular flexibility index (Phi) is 4.28. The quantitative estimate of drug-likeness (QED) is 0.589. The van der Waals surface area contributed by atoms with Crippen LogP contribution in [0.3, 0.4) is 0 Å². The van der Waals surface area contributed by atoms with Gasteiger partial charge in [-0.05, 0) is 19.3 Å². The van der Waals surface area contributed by atoms with Crippen molar-refractivity contribution in [3.63, 3.8) is 0 Å². The Bertz CT molecular complexity index is 418. The van der Waals surface area contributed by atoms with E-state index in [1.165, 1.54) is 12.8 Å². The van der Waals surface area contributed by atoms with E-state index in [2.05, 4.69) is 4.90 Å². The summed E-state index contributed by atoms with van der Waals surface area (Å²) in [5.41, 5.74) is 0.961. The van der Waals surface area contributed by atoms with Crippen molar-refractivity contribution in [3.05, 3.63) is 39.9 Å². The van der Waals surface area contributed by atoms with Crippen LogP contribution in [0.5, 0.6) is 0 Å². The summed E-state index contributed by atoms with van der Waals surface area (Å²) in [7, 11) is 0. The van der Waals surface area contributed by atoms with Gasteiger partial charge in [-0.15, -0.1) is 0 Å². The molecule has 0 atom stereocenters. The molecule has 0 unspecified atom stereocenters. The van der Waals surface area contributed by atoms with Gasteiger partial charge in [-0.1, -0.05) is 18.2 Å². The highest BCUT2D eigenvalue weighted by molar-refractivity contribution is 5.39. The van der Waals surface area contributed by atoms with E-state index >= 15 is 0 Å². The summed E-state index contributed by atoms with van der Waals surface area (Å²) < 4.78 is 0. The van der Waals surface area contributed by atoms with E-state index in [1.54, 1.807) is 12.1 Å². The summed E-state index contributed by atoms with van der Waals surface area (Å²) in [5.74, 6) is 0. The van der Waals surface area contributed by atoms with Gasteiger partial charge in [-0.25, -0.2) is 0 Å². The van der Waals surface area contributed by atoms with Gasteiger partial charge in [0.1, 0.15) is 0 Å². The lowest BCUT2D eigenvalue weighted by atomic mass is 10.1. The lowest BCUT2D eigenvalue weighted by molar-refractivity contribution is -0.385. The summed E-state index contributed by atoms with van der Waals surface area (Å²) >= 11 is 0. The number of nitrogens with zero attached hydrogens (tertiary/aromatic N) is 2. The number of nitro groups is 1. The van der Waals surface area contributed by atoms with Gasteiger partial charge in [0.2, 0.25) is 0 Å². The molecule has 1 aromatic carbocycles. The topological polar surface area (TPSA) is 66.6 Å². The van der Waals surface area contributed by atoms with Crippen LogP contribution >= 0.6 is 0 Å². The SMILES string of the molecule is O=[N+]([O-])c1ccccc1CCN(CCO)C1CC1. The van der Waals surface area contributed by atoms with Gasteiger partial charge in [-0.2, -0.15) is 0 Å². The van der Waals surface area contributed by atoms with E-state index in [-0.39, 0.29) is 17.2 Å². The van der Waals surface area contributed by atoms with Crippen LogP contribution in [-0.2, 0) is 6.42 Å². The highest BCUT2D eigenvalue weighted by Crippen LogP contribution is 2.27. The third-order valence-electron chi connectivity index (χ3n) is 3.31. The van der Waals surface area contributed by atoms with Gasteiger partial charge >= 0.3 is 0 Å². The van der Waals surface area contributed by atoms with Crippen LogP contribution in [0.1, 0.15) is 18.4 Å². The minimum Gasteiger partial charge on any atom is -0.395 e. The first-order chi connectivity index (χ1) is 8.72. The van der Waals surface area contributed by atoms with Crippen molar-refractivity contribution in [2.45, 2.75) is 25.3 Å². The fourth-order valence-corrected chi connectivity index (χ4v) is 2.21. The van der Waals surface area contributed by atoms with Crippen LogP contribution in [-0.4, -0.2) is 40.7 Å². The third-order valence-corrected chi connectivity index (χ3v) is 3.31. The highest BCUT2D eigenvalue weighted by atomic mass is 16.6. The maximum absolute atomic E-state index is 10.9. The van der Waals surface area contributed by atoms with E-state index in [0.717, 1.165) is 12.1 Å². The molecular formula is C13H18N2O3. The van der Waals surface area contributed by atoms with Crippen molar-refractivity contribution >= 4 is 5.69 Å². The maximum Gasteiger partial charge on any atom is 0.272 e. The van der Waals surface area contributed by atoms with E-state index in [0.29, 0.717) is 19.0 Å². The summed E-state index contributed by atoms with van der Waals surface area (Å²) in [6.45, 7) is 1.58. The largest absolute Gasteiger partial charge is 0.395 e. The molecule has 5 nitrogen and oxygen atoms in total. The van der Waals surface area contributed by atoms with E-state index in [4.69, 9.17) is 5.11 Å². The summed E-state index contributed by atoms with van der Waals surface area (Å²) in [5, 5.41) is 19.9. The van der Waals surface area contributed by atoms with Crippen molar-refractivity contribution in [2.24, 2.45) is 0 Å². The van der Waals surface area contributed by atoms with Gasteiger partial charge in [0.25, 0.3) is 5.69 Å². The standard InChI is InChI=1S/C13H18N2O3/c16-10-9-14(12-5-6-12)8-7-11-3-1-2-4-13(11)15(17)18/h1-4,12,16H,5-10H2. The molecule has 18 heavy (non-hydrogen) atoms. The lowest BCUT2D eigenvalue weighted by Gasteiger charge is -2.20. The van der Waals surface area contributed by atoms with Crippen molar-refractivity contribution < 1.29 is 10.0 Å². The Morgan fingerprint density at radius 3 is 2.67 bits per heavy atom. The molecule has 1 aliphatic rings. The molecular weight excluding hydrogens is 232 g/mol. The Morgan fingerprint density at radius 2 is 2.06 bits per heavy atom. The van der Waals surface area contributed by atoms with Crippen LogP contribution < -0.4 is 0 Å². The van der Waals surface area contributed by atoms with Crippen LogP contribution in [0, 0.1) is 10.1 Å². The molecule has 1 fully saturated rings. The monoisotopic (exact) mass is 250 g/mol. The second kappa shape index (κ2) is 5.93. The fraction of sp³-hybridized carbons (Fsp3) is 0.538. The number of aliphatic hydroxyl groups excluding tert-OH is 1. The van der Waals surface area contributed by atoms with Crippen LogP contribution in [0.15, 0.2) is 24.3 Å². The highest BCUT2D eigenvalue weighted by Gasteiger charge is 2.28.